The maximum Gasteiger partial charge on any atom is -0.0253 e. The molecule has 0 radical (unpaired) electrons. The number of hydrogen-bond acceptors (Lipinski definition) is 0. The third-order valence-corrected chi connectivity index (χ3v) is 6.31. The van der Waals surface area contributed by atoms with Crippen molar-refractivity contribution in [3.8, 4) is 22.3 Å². The summed E-state index contributed by atoms with van der Waals surface area (Å²) < 4.78 is 2.25. The molecule has 180 valence electrons. The Balaban J connectivity index is 0.000000188. The van der Waals surface area contributed by atoms with Crippen LogP contribution in [0.15, 0.2) is 121 Å². The van der Waals surface area contributed by atoms with Crippen LogP contribution in [0, 0.1) is 13.0 Å². The standard InChI is InChI=1S/C13H9.C12H11.C8H8.2ClH.Zr/c1-3-7-12-10(5-1)9-11-6-2-4-8-13(11)12;1-10-7-8-12(9-10)11-5-3-2-4-6-11;1-2-8-6-4-3-5-7-8;;;/h1-5,7-8H,9H2;2-9H,1H3;1,3-7H,2H2;2*1H;/q2*-1;;;;+2/p-2. The normalized spacial score (nSPS) is 10.1. The number of aryl methyl sites for hydroxylation is 1. The Labute approximate surface area is 242 Å². The van der Waals surface area contributed by atoms with Gasteiger partial charge in [0.1, 0.15) is 0 Å². The summed E-state index contributed by atoms with van der Waals surface area (Å²) >= 11 is 1.51. The number of fused-ring (bicyclic) bond motifs is 3. The maximum atomic E-state index is 3.30. The van der Waals surface area contributed by atoms with Crippen molar-refractivity contribution in [2.24, 2.45) is 0 Å². The Morgan fingerprint density at radius 2 is 1.42 bits per heavy atom. The summed E-state index contributed by atoms with van der Waals surface area (Å²) in [7, 11) is 0. The van der Waals surface area contributed by atoms with Crippen molar-refractivity contribution < 1.29 is 49.0 Å². The predicted molar refractivity (Wildman–Crippen MR) is 142 cm³/mol. The molecule has 0 bridgehead atoms. The quantitative estimate of drug-likeness (QED) is 0.279. The molecule has 1 aliphatic rings. The van der Waals surface area contributed by atoms with Crippen LogP contribution < -0.4 is 24.8 Å². The van der Waals surface area contributed by atoms with Crippen LogP contribution in [0.1, 0.15) is 22.3 Å². The largest absolute Gasteiger partial charge is 0.179 e. The van der Waals surface area contributed by atoms with Crippen molar-refractivity contribution in [1.82, 2.24) is 0 Å². The minimum absolute atomic E-state index is 0. The monoisotopic (exact) mass is 584 g/mol. The second-order valence-corrected chi connectivity index (χ2v) is 9.34. The van der Waals surface area contributed by atoms with E-state index in [0.29, 0.717) is 0 Å². The van der Waals surface area contributed by atoms with Crippen molar-refractivity contribution in [1.29, 1.82) is 0 Å². The third-order valence-electron chi connectivity index (χ3n) is 5.81. The van der Waals surface area contributed by atoms with Crippen molar-refractivity contribution >= 4 is 3.71 Å². The van der Waals surface area contributed by atoms with Crippen molar-refractivity contribution in [2.45, 2.75) is 19.8 Å². The fraction of sp³-hybridized carbons (Fsp3) is 0.0909. The molecule has 0 N–H and O–H groups in total. The Bertz CT molecular complexity index is 1280. The predicted octanol–water partition coefficient (Wildman–Crippen LogP) is 2.03. The van der Waals surface area contributed by atoms with E-state index in [4.69, 9.17) is 0 Å². The van der Waals surface area contributed by atoms with Crippen LogP contribution in [-0.4, -0.2) is 3.71 Å². The second-order valence-electron chi connectivity index (χ2n) is 8.33. The van der Waals surface area contributed by atoms with E-state index in [1.807, 2.05) is 18.2 Å². The smallest absolute Gasteiger partial charge is 0.0253 e. The fourth-order valence-electron chi connectivity index (χ4n) is 4.10. The molecule has 0 fully saturated rings. The molecule has 0 heterocycles. The zero-order chi connectivity index (χ0) is 23.6. The first-order chi connectivity index (χ1) is 16.7. The summed E-state index contributed by atoms with van der Waals surface area (Å²) in [4.78, 5) is 0. The van der Waals surface area contributed by atoms with Crippen LogP contribution in [0.4, 0.5) is 0 Å². The average Bonchev–Trinajstić information content (AvgIpc) is 3.50. The molecule has 5 aromatic carbocycles. The summed E-state index contributed by atoms with van der Waals surface area (Å²) in [5.41, 5.74) is 10.9. The van der Waals surface area contributed by atoms with E-state index >= 15 is 0 Å². The third kappa shape index (κ3) is 8.31. The minimum atomic E-state index is 0. The summed E-state index contributed by atoms with van der Waals surface area (Å²) in [6, 6.07) is 45.6. The van der Waals surface area contributed by atoms with Gasteiger partial charge < -0.3 is 24.8 Å². The van der Waals surface area contributed by atoms with Gasteiger partial charge in [0.25, 0.3) is 0 Å². The molecule has 0 saturated heterocycles. The molecule has 0 spiro atoms. The summed E-state index contributed by atoms with van der Waals surface area (Å²) in [6.45, 7) is 2.12. The summed E-state index contributed by atoms with van der Waals surface area (Å²) in [5.74, 6) is 0. The Morgan fingerprint density at radius 3 is 2.08 bits per heavy atom. The molecule has 0 atom stereocenters. The molecular weight excluding hydrogens is 558 g/mol. The van der Waals surface area contributed by atoms with Gasteiger partial charge in [-0.3, -0.25) is 0 Å². The minimum Gasteiger partial charge on any atom is -0.179 e. The van der Waals surface area contributed by atoms with E-state index < -0.39 is 0 Å². The first kappa shape index (κ1) is 29.8. The molecule has 6 rings (SSSR count). The molecule has 1 aliphatic carbocycles. The molecule has 0 aromatic heterocycles. The van der Waals surface area contributed by atoms with Gasteiger partial charge in [0.2, 0.25) is 0 Å². The topological polar surface area (TPSA) is 0 Å². The van der Waals surface area contributed by atoms with Gasteiger partial charge in [0.05, 0.1) is 0 Å². The van der Waals surface area contributed by atoms with Gasteiger partial charge in [-0.05, 0) is 6.42 Å². The number of hydrogen-bond donors (Lipinski definition) is 0. The second kappa shape index (κ2) is 15.6. The van der Waals surface area contributed by atoms with Crippen LogP contribution in [0.3, 0.4) is 0 Å². The van der Waals surface area contributed by atoms with E-state index in [-0.39, 0.29) is 24.8 Å². The van der Waals surface area contributed by atoms with E-state index in [1.165, 1.54) is 68.7 Å². The summed E-state index contributed by atoms with van der Waals surface area (Å²) in [6.07, 6.45) is 2.17. The van der Waals surface area contributed by atoms with Gasteiger partial charge in [-0.1, -0.05) is 78.2 Å². The van der Waals surface area contributed by atoms with Gasteiger partial charge in [0.15, 0.2) is 0 Å². The van der Waals surface area contributed by atoms with Gasteiger partial charge in [0, 0.05) is 0 Å². The van der Waals surface area contributed by atoms with Crippen LogP contribution >= 0.6 is 0 Å². The Morgan fingerprint density at radius 1 is 0.778 bits per heavy atom. The van der Waals surface area contributed by atoms with E-state index in [0.717, 1.165) is 12.8 Å². The molecule has 36 heavy (non-hydrogen) atoms. The molecule has 0 unspecified atom stereocenters. The van der Waals surface area contributed by atoms with Gasteiger partial charge in [-0.15, -0.1) is 5.56 Å². The van der Waals surface area contributed by atoms with Crippen LogP contribution in [0.2, 0.25) is 0 Å². The van der Waals surface area contributed by atoms with Crippen molar-refractivity contribution in [3.05, 3.63) is 150 Å². The fourth-order valence-corrected chi connectivity index (χ4v) is 4.68. The zero-order valence-corrected chi connectivity index (χ0v) is 24.3. The Kier molecular flexibility index (Phi) is 12.9. The SMILES string of the molecule is Cc1cc(-c2ccccc2)c[cH-]1.[Cl-].[Cl-].[Zr+2]=[CH]Cc1ccccc1.[c-]1cccc2c1Cc1ccccc1-2. The van der Waals surface area contributed by atoms with Crippen LogP contribution in [-0.2, 0) is 37.1 Å². The molecule has 0 amide bonds. The first-order valence-electron chi connectivity index (χ1n) is 11.6. The molecule has 0 saturated carbocycles. The number of halogens is 2. The zero-order valence-electron chi connectivity index (χ0n) is 20.3. The van der Waals surface area contributed by atoms with Crippen LogP contribution in [0.25, 0.3) is 22.3 Å². The van der Waals surface area contributed by atoms with Crippen molar-refractivity contribution in [3.63, 3.8) is 0 Å². The first-order valence-corrected chi connectivity index (χ1v) is 13.1. The maximum absolute atomic E-state index is 3.30. The number of rotatable bonds is 3. The Hall–Kier alpha value is -2.44. The van der Waals surface area contributed by atoms with E-state index in [9.17, 15) is 0 Å². The van der Waals surface area contributed by atoms with E-state index in [2.05, 4.69) is 120 Å². The molecule has 0 aliphatic heterocycles. The van der Waals surface area contributed by atoms with Crippen LogP contribution in [0.5, 0.6) is 0 Å². The van der Waals surface area contributed by atoms with Crippen molar-refractivity contribution in [2.75, 3.05) is 0 Å². The van der Waals surface area contributed by atoms with E-state index in [1.54, 1.807) is 0 Å². The molecule has 3 heteroatoms. The van der Waals surface area contributed by atoms with Gasteiger partial charge >= 0.3 is 70.3 Å². The molecular formula is C33H28Cl2Zr-2. The summed E-state index contributed by atoms with van der Waals surface area (Å²) in [5, 5.41) is 0. The van der Waals surface area contributed by atoms with Gasteiger partial charge in [-0.2, -0.15) is 53.1 Å². The average molecular weight is 587 g/mol. The molecule has 5 aromatic rings. The molecule has 0 nitrogen and oxygen atoms in total. The number of benzene rings is 4. The van der Waals surface area contributed by atoms with Gasteiger partial charge in [-0.25, -0.2) is 6.07 Å².